The fourth-order valence-electron chi connectivity index (χ4n) is 5.35. The summed E-state index contributed by atoms with van der Waals surface area (Å²) >= 11 is 0. The lowest BCUT2D eigenvalue weighted by Crippen LogP contribution is -2.38. The van der Waals surface area contributed by atoms with Crippen LogP contribution in [0.2, 0.25) is 0 Å². The van der Waals surface area contributed by atoms with Gasteiger partial charge in [-0.2, -0.15) is 0 Å². The minimum Gasteiger partial charge on any atom is -0.486 e. The van der Waals surface area contributed by atoms with Crippen LogP contribution in [0.5, 0.6) is 5.75 Å². The Morgan fingerprint density at radius 1 is 1.11 bits per heavy atom. The summed E-state index contributed by atoms with van der Waals surface area (Å²) in [6.45, 7) is 8.59. The number of hydrogen-bond acceptors (Lipinski definition) is 7. The number of ketones is 1. The van der Waals surface area contributed by atoms with Crippen LogP contribution in [0, 0.1) is 11.6 Å². The Labute approximate surface area is 221 Å². The van der Waals surface area contributed by atoms with Crippen LogP contribution in [0.4, 0.5) is 26.1 Å². The standard InChI is InChI=1S/C29H33F2N5O2/c1-17(2)36-11-12-38-28-24(30)13-20(14-26(28)36)27-25(31)16-32-29(34-27)33-21-5-6-22(23(15-21)18(3)37)19-7-9-35(4)10-8-19/h5-6,13-17,19H,7-12H2,1-4H3,(H,32,33,34). The van der Waals surface area contributed by atoms with Gasteiger partial charge in [-0.3, -0.25) is 4.79 Å². The zero-order valence-corrected chi connectivity index (χ0v) is 22.2. The summed E-state index contributed by atoms with van der Waals surface area (Å²) in [7, 11) is 2.11. The number of piperidine rings is 1. The van der Waals surface area contributed by atoms with Gasteiger partial charge in [0.1, 0.15) is 12.3 Å². The molecule has 0 aliphatic carbocycles. The number of halogens is 2. The van der Waals surface area contributed by atoms with E-state index in [2.05, 4.69) is 27.2 Å². The lowest BCUT2D eigenvalue weighted by atomic mass is 9.85. The fraction of sp³-hybridized carbons (Fsp3) is 0.414. The molecule has 1 N–H and O–H groups in total. The number of ether oxygens (including phenoxy) is 1. The van der Waals surface area contributed by atoms with Crippen molar-refractivity contribution in [2.75, 3.05) is 43.5 Å². The number of carbonyl (C=O) groups is 1. The molecule has 2 aliphatic rings. The molecule has 0 amide bonds. The van der Waals surface area contributed by atoms with E-state index < -0.39 is 11.6 Å². The smallest absolute Gasteiger partial charge is 0.227 e. The van der Waals surface area contributed by atoms with Crippen LogP contribution in [-0.2, 0) is 0 Å². The molecule has 1 fully saturated rings. The van der Waals surface area contributed by atoms with Gasteiger partial charge in [0, 0.05) is 22.9 Å². The molecule has 38 heavy (non-hydrogen) atoms. The van der Waals surface area contributed by atoms with E-state index in [0.717, 1.165) is 37.7 Å². The monoisotopic (exact) mass is 521 g/mol. The highest BCUT2D eigenvalue weighted by atomic mass is 19.1. The zero-order chi connectivity index (χ0) is 27.0. The molecule has 1 aromatic heterocycles. The first kappa shape index (κ1) is 26.0. The molecule has 0 spiro atoms. The summed E-state index contributed by atoms with van der Waals surface area (Å²) in [4.78, 5) is 25.3. The van der Waals surface area contributed by atoms with Gasteiger partial charge in [-0.05, 0) is 89.5 Å². The SMILES string of the molecule is CC(=O)c1cc(Nc2ncc(F)c(-c3cc(F)c4c(c3)N(C(C)C)CCO4)n2)ccc1C1CCN(C)CC1. The van der Waals surface area contributed by atoms with E-state index in [4.69, 9.17) is 4.74 Å². The first-order chi connectivity index (χ1) is 18.2. The highest BCUT2D eigenvalue weighted by Gasteiger charge is 2.26. The zero-order valence-electron chi connectivity index (χ0n) is 22.2. The van der Waals surface area contributed by atoms with Crippen LogP contribution in [-0.4, -0.2) is 60.0 Å². The third kappa shape index (κ3) is 5.20. The number of fused-ring (bicyclic) bond motifs is 1. The van der Waals surface area contributed by atoms with Gasteiger partial charge in [-0.1, -0.05) is 6.07 Å². The predicted octanol–water partition coefficient (Wildman–Crippen LogP) is 5.78. The number of aromatic nitrogens is 2. The number of nitrogens with zero attached hydrogens (tertiary/aromatic N) is 4. The second-order valence-electron chi connectivity index (χ2n) is 10.4. The molecule has 1 saturated heterocycles. The van der Waals surface area contributed by atoms with E-state index in [1.54, 1.807) is 19.1 Å². The predicted molar refractivity (Wildman–Crippen MR) is 145 cm³/mol. The summed E-state index contributed by atoms with van der Waals surface area (Å²) in [5, 5.41) is 3.10. The Balaban J connectivity index is 1.45. The van der Waals surface area contributed by atoms with Crippen molar-refractivity contribution in [3.05, 3.63) is 59.3 Å². The maximum atomic E-state index is 15.0. The molecule has 0 bridgehead atoms. The van der Waals surface area contributed by atoms with Crippen molar-refractivity contribution in [3.63, 3.8) is 0 Å². The number of hydrogen-bond donors (Lipinski definition) is 1. The molecule has 2 aromatic carbocycles. The molecule has 9 heteroatoms. The molecule has 7 nitrogen and oxygen atoms in total. The molecule has 0 saturated carbocycles. The van der Waals surface area contributed by atoms with Gasteiger partial charge in [0.05, 0.1) is 18.4 Å². The molecule has 0 radical (unpaired) electrons. The highest BCUT2D eigenvalue weighted by molar-refractivity contribution is 5.97. The second kappa shape index (κ2) is 10.6. The topological polar surface area (TPSA) is 70.6 Å². The van der Waals surface area contributed by atoms with E-state index in [1.807, 2.05) is 30.9 Å². The van der Waals surface area contributed by atoms with Crippen molar-refractivity contribution in [3.8, 4) is 17.0 Å². The molecular formula is C29H33F2N5O2. The second-order valence-corrected chi connectivity index (χ2v) is 10.4. The third-order valence-corrected chi connectivity index (χ3v) is 7.40. The lowest BCUT2D eigenvalue weighted by Gasteiger charge is -2.34. The lowest BCUT2D eigenvalue weighted by molar-refractivity contribution is 0.101. The van der Waals surface area contributed by atoms with Crippen LogP contribution in [0.3, 0.4) is 0 Å². The van der Waals surface area contributed by atoms with Crippen LogP contribution in [0.1, 0.15) is 55.5 Å². The Hall–Kier alpha value is -3.59. The maximum absolute atomic E-state index is 15.0. The molecule has 3 aromatic rings. The average molecular weight is 522 g/mol. The van der Waals surface area contributed by atoms with Gasteiger partial charge < -0.3 is 19.9 Å². The fourth-order valence-corrected chi connectivity index (χ4v) is 5.35. The van der Waals surface area contributed by atoms with Crippen molar-refractivity contribution in [1.82, 2.24) is 14.9 Å². The molecule has 5 rings (SSSR count). The molecular weight excluding hydrogens is 488 g/mol. The van der Waals surface area contributed by atoms with Crippen molar-refractivity contribution in [2.45, 2.75) is 45.6 Å². The molecule has 0 unspecified atom stereocenters. The van der Waals surface area contributed by atoms with Crippen LogP contribution in [0.25, 0.3) is 11.3 Å². The van der Waals surface area contributed by atoms with Gasteiger partial charge >= 0.3 is 0 Å². The van der Waals surface area contributed by atoms with Crippen molar-refractivity contribution in [2.24, 2.45) is 0 Å². The number of carbonyl (C=O) groups excluding carboxylic acids is 1. The van der Waals surface area contributed by atoms with Crippen LogP contribution >= 0.6 is 0 Å². The quantitative estimate of drug-likeness (QED) is 0.412. The Morgan fingerprint density at radius 3 is 2.58 bits per heavy atom. The molecule has 3 heterocycles. The first-order valence-electron chi connectivity index (χ1n) is 13.1. The average Bonchev–Trinajstić information content (AvgIpc) is 2.90. The summed E-state index contributed by atoms with van der Waals surface area (Å²) in [6.07, 6.45) is 3.08. The third-order valence-electron chi connectivity index (χ3n) is 7.40. The van der Waals surface area contributed by atoms with Gasteiger partial charge in [0.15, 0.2) is 23.2 Å². The van der Waals surface area contributed by atoms with Crippen LogP contribution < -0.4 is 15.0 Å². The van der Waals surface area contributed by atoms with E-state index in [-0.39, 0.29) is 29.2 Å². The summed E-state index contributed by atoms with van der Waals surface area (Å²) in [5.74, 6) is -0.581. The Bertz CT molecular complexity index is 1360. The van der Waals surface area contributed by atoms with Gasteiger partial charge in [0.25, 0.3) is 0 Å². The number of rotatable bonds is 6. The summed E-state index contributed by atoms with van der Waals surface area (Å²) < 4.78 is 35.5. The van der Waals surface area contributed by atoms with E-state index >= 15 is 0 Å². The van der Waals surface area contributed by atoms with Gasteiger partial charge in [-0.25, -0.2) is 18.7 Å². The van der Waals surface area contributed by atoms with Crippen LogP contribution in [0.15, 0.2) is 36.5 Å². The number of benzene rings is 2. The molecule has 0 atom stereocenters. The molecule has 2 aliphatic heterocycles. The minimum absolute atomic E-state index is 0.00949. The van der Waals surface area contributed by atoms with Crippen molar-refractivity contribution < 1.29 is 18.3 Å². The number of nitrogens with one attached hydrogen (secondary N) is 1. The number of likely N-dealkylation sites (tertiary alicyclic amines) is 1. The summed E-state index contributed by atoms with van der Waals surface area (Å²) in [6, 6.07) is 8.74. The summed E-state index contributed by atoms with van der Waals surface area (Å²) in [5.41, 5.74) is 3.19. The number of anilines is 3. The largest absolute Gasteiger partial charge is 0.486 e. The van der Waals surface area contributed by atoms with E-state index in [9.17, 15) is 13.6 Å². The Morgan fingerprint density at radius 2 is 1.87 bits per heavy atom. The maximum Gasteiger partial charge on any atom is 0.227 e. The van der Waals surface area contributed by atoms with Crippen molar-refractivity contribution in [1.29, 1.82) is 0 Å². The minimum atomic E-state index is -0.662. The van der Waals surface area contributed by atoms with E-state index in [0.29, 0.717) is 41.6 Å². The highest BCUT2D eigenvalue weighted by Crippen LogP contribution is 2.39. The molecule has 200 valence electrons. The Kier molecular flexibility index (Phi) is 7.29. The van der Waals surface area contributed by atoms with Crippen molar-refractivity contribution >= 4 is 23.1 Å². The normalized spacial score (nSPS) is 16.3. The first-order valence-corrected chi connectivity index (χ1v) is 13.1. The van der Waals surface area contributed by atoms with E-state index in [1.165, 1.54) is 6.07 Å². The van der Waals surface area contributed by atoms with Gasteiger partial charge in [-0.15, -0.1) is 0 Å². The number of Topliss-reactive ketones (excluding diaryl/α,β-unsaturated/α-hetero) is 1. The van der Waals surface area contributed by atoms with Gasteiger partial charge in [0.2, 0.25) is 5.95 Å².